The van der Waals surface area contributed by atoms with Gasteiger partial charge in [-0.15, -0.1) is 0 Å². The van der Waals surface area contributed by atoms with Crippen LogP contribution in [0.15, 0.2) is 0 Å². The molecule has 0 aromatic carbocycles. The molecule has 0 bridgehead atoms. The molecule has 1 saturated carbocycles. The summed E-state index contributed by atoms with van der Waals surface area (Å²) < 4.78 is 0. The average Bonchev–Trinajstić information content (AvgIpc) is 2.27. The van der Waals surface area contributed by atoms with Crippen LogP contribution in [-0.4, -0.2) is 36.6 Å². The highest BCUT2D eigenvalue weighted by atomic mass is 15.1. The van der Waals surface area contributed by atoms with Crippen LogP contribution in [0.1, 0.15) is 66.2 Å². The Bertz CT molecular complexity index is 220. The minimum Gasteiger partial charge on any atom is -0.312 e. The highest BCUT2D eigenvalue weighted by Crippen LogP contribution is 2.27. The standard InChI is InChI=1S/C16H34N2/c1-14-10-6-7-11-15(14)18(5)13-9-8-12-17-16(2,3)4/h14-15,17H,6-13H2,1-5H3. The molecule has 0 aliphatic heterocycles. The minimum absolute atomic E-state index is 0.268. The van der Waals surface area contributed by atoms with Crippen LogP contribution in [0, 0.1) is 5.92 Å². The van der Waals surface area contributed by atoms with Crippen molar-refractivity contribution in [1.82, 2.24) is 10.2 Å². The van der Waals surface area contributed by atoms with E-state index in [1.54, 1.807) is 0 Å². The lowest BCUT2D eigenvalue weighted by molar-refractivity contribution is 0.137. The summed E-state index contributed by atoms with van der Waals surface area (Å²) in [7, 11) is 2.32. The average molecular weight is 254 g/mol. The van der Waals surface area contributed by atoms with Gasteiger partial charge in [-0.3, -0.25) is 0 Å². The molecule has 0 heterocycles. The maximum Gasteiger partial charge on any atom is 0.0118 e. The number of unbranched alkanes of at least 4 members (excludes halogenated alkanes) is 1. The topological polar surface area (TPSA) is 15.3 Å². The van der Waals surface area contributed by atoms with E-state index in [1.807, 2.05) is 0 Å². The van der Waals surface area contributed by atoms with Crippen molar-refractivity contribution in [3.05, 3.63) is 0 Å². The monoisotopic (exact) mass is 254 g/mol. The summed E-state index contributed by atoms with van der Waals surface area (Å²) in [5.41, 5.74) is 0.268. The molecule has 2 nitrogen and oxygen atoms in total. The maximum atomic E-state index is 3.57. The molecule has 1 aliphatic rings. The van der Waals surface area contributed by atoms with Crippen molar-refractivity contribution in [3.63, 3.8) is 0 Å². The maximum absolute atomic E-state index is 3.57. The second kappa shape index (κ2) is 7.49. The Kier molecular flexibility index (Phi) is 6.65. The van der Waals surface area contributed by atoms with E-state index in [4.69, 9.17) is 0 Å². The van der Waals surface area contributed by atoms with E-state index < -0.39 is 0 Å². The van der Waals surface area contributed by atoms with Gasteiger partial charge in [0.1, 0.15) is 0 Å². The van der Waals surface area contributed by atoms with Crippen LogP contribution in [0.4, 0.5) is 0 Å². The number of nitrogens with one attached hydrogen (secondary N) is 1. The molecule has 0 amide bonds. The molecular weight excluding hydrogens is 220 g/mol. The van der Waals surface area contributed by atoms with Crippen molar-refractivity contribution in [2.24, 2.45) is 5.92 Å². The van der Waals surface area contributed by atoms with Crippen molar-refractivity contribution >= 4 is 0 Å². The first-order valence-corrected chi connectivity index (χ1v) is 7.85. The molecule has 0 aromatic rings. The second-order valence-corrected chi connectivity index (χ2v) is 7.19. The van der Waals surface area contributed by atoms with E-state index in [-0.39, 0.29) is 5.54 Å². The Morgan fingerprint density at radius 2 is 1.78 bits per heavy atom. The molecule has 18 heavy (non-hydrogen) atoms. The Hall–Kier alpha value is -0.0800. The molecule has 2 heteroatoms. The molecular formula is C16H34N2. The molecule has 0 spiro atoms. The molecule has 0 aromatic heterocycles. The van der Waals surface area contributed by atoms with Crippen molar-refractivity contribution < 1.29 is 0 Å². The second-order valence-electron chi connectivity index (χ2n) is 7.19. The zero-order chi connectivity index (χ0) is 13.6. The Balaban J connectivity index is 2.11. The molecule has 1 aliphatic carbocycles. The Labute approximate surface area is 115 Å². The fourth-order valence-corrected chi connectivity index (χ4v) is 3.07. The lowest BCUT2D eigenvalue weighted by Crippen LogP contribution is -2.40. The number of hydrogen-bond acceptors (Lipinski definition) is 2. The first kappa shape index (κ1) is 16.0. The lowest BCUT2D eigenvalue weighted by atomic mass is 9.85. The molecule has 0 radical (unpaired) electrons. The van der Waals surface area contributed by atoms with Crippen LogP contribution < -0.4 is 5.32 Å². The van der Waals surface area contributed by atoms with Gasteiger partial charge >= 0.3 is 0 Å². The van der Waals surface area contributed by atoms with Crippen molar-refractivity contribution in [2.75, 3.05) is 20.1 Å². The van der Waals surface area contributed by atoms with Gasteiger partial charge in [0.15, 0.2) is 0 Å². The van der Waals surface area contributed by atoms with Gasteiger partial charge in [-0.25, -0.2) is 0 Å². The van der Waals surface area contributed by atoms with E-state index >= 15 is 0 Å². The largest absolute Gasteiger partial charge is 0.312 e. The third-order valence-corrected chi connectivity index (χ3v) is 4.23. The van der Waals surface area contributed by atoms with E-state index in [2.05, 4.69) is 45.0 Å². The van der Waals surface area contributed by atoms with Gasteiger partial charge in [0.25, 0.3) is 0 Å². The third kappa shape index (κ3) is 6.19. The molecule has 108 valence electrons. The summed E-state index contributed by atoms with van der Waals surface area (Å²) >= 11 is 0. The third-order valence-electron chi connectivity index (χ3n) is 4.23. The number of nitrogens with zero attached hydrogens (tertiary/aromatic N) is 1. The molecule has 1 N–H and O–H groups in total. The predicted octanol–water partition coefficient (Wildman–Crippen LogP) is 3.67. The van der Waals surface area contributed by atoms with Crippen LogP contribution in [0.3, 0.4) is 0 Å². The Morgan fingerprint density at radius 1 is 1.11 bits per heavy atom. The first-order valence-electron chi connectivity index (χ1n) is 7.85. The van der Waals surface area contributed by atoms with E-state index in [9.17, 15) is 0 Å². The summed E-state index contributed by atoms with van der Waals surface area (Å²) in [6, 6.07) is 0.842. The minimum atomic E-state index is 0.268. The summed E-state index contributed by atoms with van der Waals surface area (Å²) in [4.78, 5) is 2.61. The van der Waals surface area contributed by atoms with Gasteiger partial charge in [0.2, 0.25) is 0 Å². The highest BCUT2D eigenvalue weighted by Gasteiger charge is 2.24. The van der Waals surface area contributed by atoms with Gasteiger partial charge in [-0.05, 0) is 72.5 Å². The quantitative estimate of drug-likeness (QED) is 0.728. The van der Waals surface area contributed by atoms with Crippen LogP contribution in [-0.2, 0) is 0 Å². The SMILES string of the molecule is CC1CCCCC1N(C)CCCCNC(C)(C)C. The smallest absolute Gasteiger partial charge is 0.0118 e. The van der Waals surface area contributed by atoms with E-state index in [1.165, 1.54) is 45.1 Å². The molecule has 1 rings (SSSR count). The van der Waals surface area contributed by atoms with Gasteiger partial charge in [0, 0.05) is 11.6 Å². The van der Waals surface area contributed by atoms with E-state index in [0.717, 1.165) is 18.5 Å². The zero-order valence-electron chi connectivity index (χ0n) is 13.3. The molecule has 2 atom stereocenters. The zero-order valence-corrected chi connectivity index (χ0v) is 13.3. The van der Waals surface area contributed by atoms with Gasteiger partial charge in [-0.1, -0.05) is 19.8 Å². The summed E-state index contributed by atoms with van der Waals surface area (Å²) in [5, 5.41) is 3.57. The first-order chi connectivity index (χ1) is 8.40. The van der Waals surface area contributed by atoms with Crippen molar-refractivity contribution in [1.29, 1.82) is 0 Å². The summed E-state index contributed by atoms with van der Waals surface area (Å²) in [6.07, 6.45) is 8.34. The number of rotatable bonds is 6. The van der Waals surface area contributed by atoms with Crippen LogP contribution >= 0.6 is 0 Å². The molecule has 0 saturated heterocycles. The molecule has 2 unspecified atom stereocenters. The molecule has 1 fully saturated rings. The fraction of sp³-hybridized carbons (Fsp3) is 1.00. The van der Waals surface area contributed by atoms with Gasteiger partial charge in [-0.2, -0.15) is 0 Å². The van der Waals surface area contributed by atoms with Gasteiger partial charge < -0.3 is 10.2 Å². The lowest BCUT2D eigenvalue weighted by Gasteiger charge is -2.36. The fourth-order valence-electron chi connectivity index (χ4n) is 3.07. The summed E-state index contributed by atoms with van der Waals surface area (Å²) in [5.74, 6) is 0.899. The van der Waals surface area contributed by atoms with Gasteiger partial charge in [0.05, 0.1) is 0 Å². The number of hydrogen-bond donors (Lipinski definition) is 1. The normalized spacial score (nSPS) is 25.7. The van der Waals surface area contributed by atoms with Crippen molar-refractivity contribution in [3.8, 4) is 0 Å². The van der Waals surface area contributed by atoms with Crippen LogP contribution in [0.25, 0.3) is 0 Å². The Morgan fingerprint density at radius 3 is 2.39 bits per heavy atom. The van der Waals surface area contributed by atoms with E-state index in [0.29, 0.717) is 0 Å². The highest BCUT2D eigenvalue weighted by molar-refractivity contribution is 4.79. The predicted molar refractivity (Wildman–Crippen MR) is 81.0 cm³/mol. The van der Waals surface area contributed by atoms with Crippen molar-refractivity contribution in [2.45, 2.75) is 77.8 Å². The van der Waals surface area contributed by atoms with Crippen LogP contribution in [0.2, 0.25) is 0 Å². The summed E-state index contributed by atoms with van der Waals surface area (Å²) in [6.45, 7) is 11.6. The van der Waals surface area contributed by atoms with Crippen LogP contribution in [0.5, 0.6) is 0 Å².